The molecule has 1 spiro atoms. The Balaban J connectivity index is 1.27. The molecule has 5 nitrogen and oxygen atoms in total. The monoisotopic (exact) mass is 493 g/mol. The summed E-state index contributed by atoms with van der Waals surface area (Å²) in [4.78, 5) is 31.2. The quantitative estimate of drug-likeness (QED) is 0.616. The number of likely N-dealkylation sites (tertiary alicyclic amines) is 2. The van der Waals surface area contributed by atoms with Crippen molar-refractivity contribution < 1.29 is 9.59 Å². The number of carbonyl (C=O) groups is 2. The molecule has 3 aliphatic rings. The summed E-state index contributed by atoms with van der Waals surface area (Å²) >= 11 is 6.02. The highest BCUT2D eigenvalue weighted by Crippen LogP contribution is 2.44. The van der Waals surface area contributed by atoms with E-state index in [2.05, 4.69) is 40.5 Å². The number of hydrogen-bond donors (Lipinski definition) is 1. The second kappa shape index (κ2) is 10.4. The first-order valence-electron chi connectivity index (χ1n) is 13.1. The molecule has 0 aromatic heterocycles. The van der Waals surface area contributed by atoms with Crippen LogP contribution in [0.2, 0.25) is 5.02 Å². The largest absolute Gasteiger partial charge is 0.338 e. The molecule has 0 bridgehead atoms. The average molecular weight is 494 g/mol. The number of nitrogens with zero attached hydrogens (tertiary/aromatic N) is 2. The highest BCUT2D eigenvalue weighted by Gasteiger charge is 2.50. The molecule has 3 heterocycles. The van der Waals surface area contributed by atoms with E-state index in [1.165, 1.54) is 5.56 Å². The van der Waals surface area contributed by atoms with Gasteiger partial charge in [-0.05, 0) is 55.6 Å². The van der Waals surface area contributed by atoms with Crippen LogP contribution >= 0.6 is 11.6 Å². The van der Waals surface area contributed by atoms with Crippen molar-refractivity contribution in [2.75, 3.05) is 32.7 Å². The lowest BCUT2D eigenvalue weighted by Gasteiger charge is -2.43. The van der Waals surface area contributed by atoms with Gasteiger partial charge in [-0.2, -0.15) is 0 Å². The molecule has 3 fully saturated rings. The molecule has 5 rings (SSSR count). The van der Waals surface area contributed by atoms with Crippen LogP contribution in [0.15, 0.2) is 54.6 Å². The highest BCUT2D eigenvalue weighted by molar-refractivity contribution is 6.30. The van der Waals surface area contributed by atoms with Crippen molar-refractivity contribution >= 4 is 23.3 Å². The molecule has 3 atom stereocenters. The Bertz CT molecular complexity index is 1030. The fourth-order valence-electron chi connectivity index (χ4n) is 6.57. The first-order valence-corrected chi connectivity index (χ1v) is 13.4. The number of hydrogen-bond acceptors (Lipinski definition) is 4. The van der Waals surface area contributed by atoms with E-state index in [-0.39, 0.29) is 23.3 Å². The number of nitrogens with one attached hydrogen (secondary N) is 1. The summed E-state index contributed by atoms with van der Waals surface area (Å²) in [5, 5.41) is 4.28. The number of benzene rings is 2. The first kappa shape index (κ1) is 24.5. The third kappa shape index (κ3) is 4.91. The van der Waals surface area contributed by atoms with Crippen LogP contribution in [0.1, 0.15) is 49.7 Å². The molecule has 186 valence electrons. The Hall–Kier alpha value is -2.21. The fourth-order valence-corrected chi connectivity index (χ4v) is 6.69. The maximum absolute atomic E-state index is 13.5. The van der Waals surface area contributed by atoms with E-state index >= 15 is 0 Å². The molecule has 0 aliphatic carbocycles. The number of piperidine rings is 1. The number of carbonyl (C=O) groups excluding carboxylic acids is 2. The van der Waals surface area contributed by atoms with Gasteiger partial charge in [-0.25, -0.2) is 0 Å². The van der Waals surface area contributed by atoms with Crippen molar-refractivity contribution in [2.24, 2.45) is 11.3 Å². The molecule has 0 saturated carbocycles. The second-order valence-electron chi connectivity index (χ2n) is 10.5. The van der Waals surface area contributed by atoms with E-state index in [1.54, 1.807) is 0 Å². The number of rotatable bonds is 7. The predicted octanol–water partition coefficient (Wildman–Crippen LogP) is 4.51. The molecule has 2 aromatic carbocycles. The van der Waals surface area contributed by atoms with Crippen molar-refractivity contribution in [1.82, 2.24) is 15.1 Å². The maximum Gasteiger partial charge on any atom is 0.229 e. The zero-order valence-electron chi connectivity index (χ0n) is 20.6. The second-order valence-corrected chi connectivity index (χ2v) is 11.0. The van der Waals surface area contributed by atoms with E-state index in [1.807, 2.05) is 36.1 Å². The van der Waals surface area contributed by atoms with Gasteiger partial charge in [-0.1, -0.05) is 61.0 Å². The third-order valence-electron chi connectivity index (χ3n) is 8.61. The van der Waals surface area contributed by atoms with Crippen LogP contribution in [0.25, 0.3) is 0 Å². The zero-order valence-corrected chi connectivity index (χ0v) is 21.3. The summed E-state index contributed by atoms with van der Waals surface area (Å²) < 4.78 is 0. The van der Waals surface area contributed by atoms with Crippen LogP contribution in [0.4, 0.5) is 0 Å². The molecule has 35 heavy (non-hydrogen) atoms. The van der Waals surface area contributed by atoms with E-state index < -0.39 is 0 Å². The summed E-state index contributed by atoms with van der Waals surface area (Å²) in [6, 6.07) is 18.3. The Morgan fingerprint density at radius 3 is 2.40 bits per heavy atom. The minimum atomic E-state index is -0.268. The first-order chi connectivity index (χ1) is 17.0. The number of halogens is 1. The van der Waals surface area contributed by atoms with Crippen LogP contribution < -0.4 is 5.32 Å². The topological polar surface area (TPSA) is 52.7 Å². The molecular formula is C29H36ClN3O2. The molecular weight excluding hydrogens is 458 g/mol. The van der Waals surface area contributed by atoms with Gasteiger partial charge in [-0.15, -0.1) is 0 Å². The van der Waals surface area contributed by atoms with E-state index in [4.69, 9.17) is 11.6 Å². The summed E-state index contributed by atoms with van der Waals surface area (Å²) in [5.41, 5.74) is 2.16. The van der Waals surface area contributed by atoms with E-state index in [0.717, 1.165) is 57.5 Å². The van der Waals surface area contributed by atoms with Crippen LogP contribution in [0.3, 0.4) is 0 Å². The van der Waals surface area contributed by atoms with Gasteiger partial charge in [0.15, 0.2) is 0 Å². The number of amides is 1. The van der Waals surface area contributed by atoms with E-state index in [0.29, 0.717) is 29.7 Å². The Morgan fingerprint density at radius 2 is 1.71 bits per heavy atom. The molecule has 1 N–H and O–H groups in total. The SMILES string of the molecule is CCC(=O)C([C@@H]1CNC[C@@H]1c1ccccc1)N1CCC2(CCN(Cc3ccc(Cl)cc3)C2=O)CC1. The summed E-state index contributed by atoms with van der Waals surface area (Å²) in [7, 11) is 0. The predicted molar refractivity (Wildman–Crippen MR) is 139 cm³/mol. The van der Waals surface area contributed by atoms with Gasteiger partial charge in [0, 0.05) is 49.5 Å². The van der Waals surface area contributed by atoms with Crippen molar-refractivity contribution in [3.05, 3.63) is 70.7 Å². The summed E-state index contributed by atoms with van der Waals surface area (Å²) in [6.45, 7) is 6.84. The summed E-state index contributed by atoms with van der Waals surface area (Å²) in [6.07, 6.45) is 3.15. The van der Waals surface area contributed by atoms with Gasteiger partial charge in [0.2, 0.25) is 5.91 Å². The molecule has 3 saturated heterocycles. The molecule has 2 aromatic rings. The van der Waals surface area contributed by atoms with Crippen molar-refractivity contribution in [1.29, 1.82) is 0 Å². The molecule has 3 aliphatic heterocycles. The van der Waals surface area contributed by atoms with Gasteiger partial charge in [0.05, 0.1) is 11.5 Å². The average Bonchev–Trinajstić information content (AvgIpc) is 3.48. The Labute approximate surface area is 213 Å². The Kier molecular flexibility index (Phi) is 7.29. The van der Waals surface area contributed by atoms with Crippen LogP contribution in [0, 0.1) is 11.3 Å². The maximum atomic E-state index is 13.5. The highest BCUT2D eigenvalue weighted by atomic mass is 35.5. The van der Waals surface area contributed by atoms with Crippen LogP contribution in [0.5, 0.6) is 0 Å². The molecule has 0 radical (unpaired) electrons. The Morgan fingerprint density at radius 1 is 1.03 bits per heavy atom. The molecule has 1 unspecified atom stereocenters. The minimum absolute atomic E-state index is 0.0840. The normalized spacial score (nSPS) is 25.3. The molecule has 1 amide bonds. The zero-order chi connectivity index (χ0) is 24.4. The lowest BCUT2D eigenvalue weighted by molar-refractivity contribution is -0.140. The van der Waals surface area contributed by atoms with Gasteiger partial charge in [0.1, 0.15) is 5.78 Å². The van der Waals surface area contributed by atoms with Gasteiger partial charge >= 0.3 is 0 Å². The van der Waals surface area contributed by atoms with Crippen molar-refractivity contribution in [2.45, 2.75) is 51.1 Å². The van der Waals surface area contributed by atoms with E-state index in [9.17, 15) is 9.59 Å². The number of Topliss-reactive ketones (excluding diaryl/α,β-unsaturated/α-hetero) is 1. The van der Waals surface area contributed by atoms with Crippen molar-refractivity contribution in [3.63, 3.8) is 0 Å². The lowest BCUT2D eigenvalue weighted by Crippen LogP contribution is -2.54. The van der Waals surface area contributed by atoms with Gasteiger partial charge in [0.25, 0.3) is 0 Å². The minimum Gasteiger partial charge on any atom is -0.338 e. The van der Waals surface area contributed by atoms with Gasteiger partial charge < -0.3 is 10.2 Å². The number of ketones is 1. The standard InChI is InChI=1S/C29H36ClN3O2/c1-2-26(34)27(25-19-31-18-24(25)22-6-4-3-5-7-22)32-15-12-29(13-16-32)14-17-33(28(29)35)20-21-8-10-23(30)11-9-21/h3-11,24-25,27,31H,2,12-20H2,1H3/t24-,25-,27?/m1/s1. The smallest absolute Gasteiger partial charge is 0.229 e. The van der Waals surface area contributed by atoms with Crippen LogP contribution in [-0.4, -0.2) is 60.3 Å². The third-order valence-corrected chi connectivity index (χ3v) is 8.86. The fraction of sp³-hybridized carbons (Fsp3) is 0.517. The molecule has 6 heteroatoms. The van der Waals surface area contributed by atoms with Crippen LogP contribution in [-0.2, 0) is 16.1 Å². The lowest BCUT2D eigenvalue weighted by atomic mass is 9.75. The van der Waals surface area contributed by atoms with Crippen molar-refractivity contribution in [3.8, 4) is 0 Å². The summed E-state index contributed by atoms with van der Waals surface area (Å²) in [5.74, 6) is 1.23. The van der Waals surface area contributed by atoms with Gasteiger partial charge in [-0.3, -0.25) is 14.5 Å².